The number of fused-ring (bicyclic) bond motifs is 4. The van der Waals surface area contributed by atoms with Crippen LogP contribution < -0.4 is 5.56 Å². The summed E-state index contributed by atoms with van der Waals surface area (Å²) in [6, 6.07) is 16.0. The number of aryl methyl sites for hydroxylation is 1. The van der Waals surface area contributed by atoms with Crippen molar-refractivity contribution in [2.24, 2.45) is 4.99 Å². The number of carboxylic acid groups (broad SMARTS) is 2. The number of benzene rings is 4. The maximum absolute atomic E-state index is 13.8. The number of ketones is 1. The van der Waals surface area contributed by atoms with Crippen LogP contribution in [0.2, 0.25) is 0 Å². The SMILES string of the molecule is CC(=O)c1ccc2c(=O)n3c4cc(C(=O)O)ccc4nc3c3ccc(C(C)=Nc4ccc(C(=O)O)cc4C)c1c23. The van der Waals surface area contributed by atoms with E-state index in [9.17, 15) is 29.4 Å². The zero-order chi connectivity index (χ0) is 28.5. The first-order chi connectivity index (χ1) is 19.1. The lowest BCUT2D eigenvalue weighted by Crippen LogP contribution is -2.15. The van der Waals surface area contributed by atoms with Gasteiger partial charge in [0.2, 0.25) is 0 Å². The van der Waals surface area contributed by atoms with Crippen LogP contribution in [0.3, 0.4) is 0 Å². The normalized spacial score (nSPS) is 12.1. The molecule has 196 valence electrons. The van der Waals surface area contributed by atoms with Gasteiger partial charge < -0.3 is 10.2 Å². The van der Waals surface area contributed by atoms with Crippen molar-refractivity contribution >= 4 is 67.3 Å². The first-order valence-electron chi connectivity index (χ1n) is 12.4. The molecule has 0 fully saturated rings. The number of carbonyl (C=O) groups is 3. The van der Waals surface area contributed by atoms with E-state index in [-0.39, 0.29) is 22.5 Å². The molecule has 0 radical (unpaired) electrons. The van der Waals surface area contributed by atoms with Gasteiger partial charge >= 0.3 is 11.9 Å². The van der Waals surface area contributed by atoms with Gasteiger partial charge in [0.05, 0.1) is 27.8 Å². The quantitative estimate of drug-likeness (QED) is 0.217. The number of nitrogens with zero attached hydrogens (tertiary/aromatic N) is 3. The van der Waals surface area contributed by atoms with Crippen LogP contribution in [-0.4, -0.2) is 43.0 Å². The first kappa shape index (κ1) is 24.9. The van der Waals surface area contributed by atoms with Crippen molar-refractivity contribution in [3.8, 4) is 0 Å². The molecule has 40 heavy (non-hydrogen) atoms. The molecule has 0 amide bonds. The Bertz CT molecular complexity index is 2190. The maximum Gasteiger partial charge on any atom is 0.335 e. The molecule has 2 heterocycles. The van der Waals surface area contributed by atoms with Gasteiger partial charge in [-0.25, -0.2) is 14.6 Å². The van der Waals surface area contributed by atoms with Gasteiger partial charge in [0, 0.05) is 38.4 Å². The van der Waals surface area contributed by atoms with E-state index in [0.29, 0.717) is 66.3 Å². The van der Waals surface area contributed by atoms with E-state index >= 15 is 0 Å². The average Bonchev–Trinajstić information content (AvgIpc) is 3.31. The molecule has 2 N–H and O–H groups in total. The monoisotopic (exact) mass is 531 g/mol. The van der Waals surface area contributed by atoms with Crippen molar-refractivity contribution in [3.63, 3.8) is 0 Å². The Balaban J connectivity index is 1.70. The van der Waals surface area contributed by atoms with Gasteiger partial charge in [-0.05, 0) is 80.9 Å². The topological polar surface area (TPSA) is 138 Å². The van der Waals surface area contributed by atoms with Crippen LogP contribution >= 0.6 is 0 Å². The highest BCUT2D eigenvalue weighted by molar-refractivity contribution is 6.27. The van der Waals surface area contributed by atoms with Crippen molar-refractivity contribution in [2.75, 3.05) is 0 Å². The molecular weight excluding hydrogens is 510 g/mol. The van der Waals surface area contributed by atoms with Crippen LogP contribution in [-0.2, 0) is 0 Å². The van der Waals surface area contributed by atoms with E-state index in [2.05, 4.69) is 4.98 Å². The van der Waals surface area contributed by atoms with E-state index in [1.54, 1.807) is 44.2 Å². The Morgan fingerprint density at radius 2 is 1.45 bits per heavy atom. The molecule has 9 nitrogen and oxygen atoms in total. The number of aliphatic imine (C=N–C) groups is 1. The zero-order valence-corrected chi connectivity index (χ0v) is 21.6. The molecule has 0 aliphatic heterocycles. The van der Waals surface area contributed by atoms with Crippen LogP contribution in [0, 0.1) is 6.92 Å². The largest absolute Gasteiger partial charge is 0.478 e. The number of hydrogen-bond acceptors (Lipinski definition) is 6. The second kappa shape index (κ2) is 8.81. The molecule has 0 spiro atoms. The Labute approximate surface area is 226 Å². The lowest BCUT2D eigenvalue weighted by molar-refractivity contribution is 0.0686. The first-order valence-corrected chi connectivity index (χ1v) is 12.4. The molecular formula is C31H21N3O6. The van der Waals surface area contributed by atoms with Crippen molar-refractivity contribution in [2.45, 2.75) is 20.8 Å². The second-order valence-corrected chi connectivity index (χ2v) is 9.72. The summed E-state index contributed by atoms with van der Waals surface area (Å²) in [5.41, 5.74) is 3.96. The highest BCUT2D eigenvalue weighted by Crippen LogP contribution is 2.35. The van der Waals surface area contributed by atoms with Gasteiger partial charge in [-0.2, -0.15) is 0 Å². The lowest BCUT2D eigenvalue weighted by atomic mass is 9.91. The fourth-order valence-corrected chi connectivity index (χ4v) is 5.32. The molecule has 0 saturated heterocycles. The number of rotatable bonds is 5. The van der Waals surface area contributed by atoms with E-state index in [1.807, 2.05) is 12.1 Å². The standard InChI is InChI=1S/C31H21N3O6/c1-14-12-17(30(37)38)4-10-23(14)32-15(2)19-6-8-21-27-22(9-7-20(16(3)35)26(19)27)29(36)34-25-13-18(31(39)40)5-11-24(25)33-28(21)34/h4-13H,1-3H3,(H,37,38)(H,39,40). The summed E-state index contributed by atoms with van der Waals surface area (Å²) < 4.78 is 1.42. The Hall–Kier alpha value is -5.44. The Morgan fingerprint density at radius 1 is 0.800 bits per heavy atom. The van der Waals surface area contributed by atoms with Crippen molar-refractivity contribution in [1.29, 1.82) is 0 Å². The summed E-state index contributed by atoms with van der Waals surface area (Å²) in [5.74, 6) is -2.32. The van der Waals surface area contributed by atoms with E-state index < -0.39 is 11.9 Å². The molecule has 2 aromatic heterocycles. The minimum atomic E-state index is -1.11. The van der Waals surface area contributed by atoms with E-state index in [4.69, 9.17) is 4.99 Å². The molecule has 6 rings (SSSR count). The average molecular weight is 532 g/mol. The van der Waals surface area contributed by atoms with E-state index in [0.717, 1.165) is 0 Å². The molecule has 0 saturated carbocycles. The lowest BCUT2D eigenvalue weighted by Gasteiger charge is -2.15. The third-order valence-corrected chi connectivity index (χ3v) is 7.24. The van der Waals surface area contributed by atoms with Crippen molar-refractivity contribution in [3.05, 3.63) is 98.8 Å². The minimum Gasteiger partial charge on any atom is -0.478 e. The van der Waals surface area contributed by atoms with Gasteiger partial charge in [0.25, 0.3) is 5.56 Å². The van der Waals surface area contributed by atoms with Crippen molar-refractivity contribution in [1.82, 2.24) is 9.38 Å². The Kier molecular flexibility index (Phi) is 5.48. The van der Waals surface area contributed by atoms with Gasteiger partial charge in [0.1, 0.15) is 5.65 Å². The van der Waals surface area contributed by atoms with Crippen LogP contribution in [0.15, 0.2) is 70.5 Å². The summed E-state index contributed by atoms with van der Waals surface area (Å²) in [6.45, 7) is 5.03. The molecule has 6 aromatic rings. The third-order valence-electron chi connectivity index (χ3n) is 7.24. The number of Topliss-reactive ketones (excluding diaryl/α,β-unsaturated/α-hetero) is 1. The summed E-state index contributed by atoms with van der Waals surface area (Å²) >= 11 is 0. The number of aromatic nitrogens is 2. The molecule has 4 aromatic carbocycles. The van der Waals surface area contributed by atoms with Crippen LogP contribution in [0.1, 0.15) is 56.0 Å². The second-order valence-electron chi connectivity index (χ2n) is 9.72. The number of hydrogen-bond donors (Lipinski definition) is 2. The van der Waals surface area contributed by atoms with Crippen LogP contribution in [0.25, 0.3) is 38.2 Å². The van der Waals surface area contributed by atoms with Gasteiger partial charge in [-0.1, -0.05) is 6.07 Å². The summed E-state index contributed by atoms with van der Waals surface area (Å²) in [5, 5.41) is 20.9. The predicted octanol–water partition coefficient (Wildman–Crippen LogP) is 5.64. The van der Waals surface area contributed by atoms with Gasteiger partial charge in [-0.3, -0.25) is 19.0 Å². The van der Waals surface area contributed by atoms with Crippen molar-refractivity contribution < 1.29 is 24.6 Å². The van der Waals surface area contributed by atoms with Crippen LogP contribution in [0.4, 0.5) is 5.69 Å². The Morgan fingerprint density at radius 3 is 2.12 bits per heavy atom. The summed E-state index contributed by atoms with van der Waals surface area (Å²) in [4.78, 5) is 59.0. The van der Waals surface area contributed by atoms with Gasteiger partial charge in [-0.15, -0.1) is 0 Å². The maximum atomic E-state index is 13.8. The predicted molar refractivity (Wildman–Crippen MR) is 152 cm³/mol. The van der Waals surface area contributed by atoms with E-state index in [1.165, 1.54) is 29.5 Å². The number of pyridine rings is 1. The number of carboxylic acids is 2. The zero-order valence-electron chi connectivity index (χ0n) is 21.6. The number of carbonyl (C=O) groups excluding carboxylic acids is 1. The number of aromatic carboxylic acids is 2. The summed E-state index contributed by atoms with van der Waals surface area (Å²) in [7, 11) is 0. The molecule has 0 unspecified atom stereocenters. The molecule has 9 heteroatoms. The highest BCUT2D eigenvalue weighted by atomic mass is 16.4. The van der Waals surface area contributed by atoms with Crippen LogP contribution in [0.5, 0.6) is 0 Å². The molecule has 0 aliphatic rings. The molecule has 0 aliphatic carbocycles. The fraction of sp³-hybridized carbons (Fsp3) is 0.0968. The minimum absolute atomic E-state index is 0.0414. The number of imidazole rings is 1. The smallest absolute Gasteiger partial charge is 0.335 e. The highest BCUT2D eigenvalue weighted by Gasteiger charge is 2.22. The summed E-state index contributed by atoms with van der Waals surface area (Å²) in [6.07, 6.45) is 0. The third kappa shape index (κ3) is 3.63. The van der Waals surface area contributed by atoms with Gasteiger partial charge in [0.15, 0.2) is 5.78 Å². The fourth-order valence-electron chi connectivity index (χ4n) is 5.32. The molecule has 0 atom stereocenters. The molecule has 0 bridgehead atoms.